The van der Waals surface area contributed by atoms with Crippen LogP contribution in [0.1, 0.15) is 20.8 Å². The molecular formula is C8H17NO. The molecule has 0 aromatic rings. The van der Waals surface area contributed by atoms with E-state index in [-0.39, 0.29) is 12.0 Å². The highest BCUT2D eigenvalue weighted by molar-refractivity contribution is 5.85. The van der Waals surface area contributed by atoms with Crippen molar-refractivity contribution in [3.8, 4) is 0 Å². The molecule has 0 aliphatic carbocycles. The maximum Gasteiger partial charge on any atom is 0.152 e. The van der Waals surface area contributed by atoms with E-state index in [0.29, 0.717) is 5.78 Å². The maximum absolute atomic E-state index is 11.2. The predicted molar refractivity (Wildman–Crippen MR) is 43.0 cm³/mol. The Kier molecular flexibility index (Phi) is 3.58. The minimum atomic E-state index is 0.0556. The van der Waals surface area contributed by atoms with Crippen LogP contribution in [0.25, 0.3) is 0 Å². The second-order valence-corrected chi connectivity index (χ2v) is 3.20. The van der Waals surface area contributed by atoms with Gasteiger partial charge in [-0.1, -0.05) is 13.8 Å². The van der Waals surface area contributed by atoms with E-state index in [4.69, 9.17) is 0 Å². The summed E-state index contributed by atoms with van der Waals surface area (Å²) in [5, 5.41) is 0. The zero-order valence-electron chi connectivity index (χ0n) is 7.51. The van der Waals surface area contributed by atoms with Crippen molar-refractivity contribution in [3.05, 3.63) is 0 Å². The van der Waals surface area contributed by atoms with Gasteiger partial charge >= 0.3 is 0 Å². The van der Waals surface area contributed by atoms with Gasteiger partial charge in [0.2, 0.25) is 0 Å². The number of hydrogen-bond acceptors (Lipinski definition) is 2. The minimum Gasteiger partial charge on any atom is -0.300 e. The van der Waals surface area contributed by atoms with Gasteiger partial charge in [-0.2, -0.15) is 0 Å². The minimum absolute atomic E-state index is 0.0556. The SMILES string of the molecule is CC(C)C(=O)[C@@H](C)N(C)C. The fraction of sp³-hybridized carbons (Fsp3) is 0.875. The van der Waals surface area contributed by atoms with Gasteiger partial charge in [-0.05, 0) is 21.0 Å². The molecule has 0 rings (SSSR count). The first-order valence-corrected chi connectivity index (χ1v) is 3.67. The van der Waals surface area contributed by atoms with E-state index >= 15 is 0 Å². The number of nitrogens with zero attached hydrogens (tertiary/aromatic N) is 1. The first kappa shape index (κ1) is 9.63. The fourth-order valence-corrected chi connectivity index (χ4v) is 0.737. The van der Waals surface area contributed by atoms with Gasteiger partial charge in [0, 0.05) is 5.92 Å². The number of carbonyl (C=O) groups is 1. The topological polar surface area (TPSA) is 20.3 Å². The van der Waals surface area contributed by atoms with Gasteiger partial charge in [-0.3, -0.25) is 9.69 Å². The Hall–Kier alpha value is -0.370. The smallest absolute Gasteiger partial charge is 0.152 e. The molecule has 1 atom stereocenters. The lowest BCUT2D eigenvalue weighted by Crippen LogP contribution is -2.35. The van der Waals surface area contributed by atoms with Crippen molar-refractivity contribution in [2.45, 2.75) is 26.8 Å². The number of likely N-dealkylation sites (N-methyl/N-ethyl adjacent to an activating group) is 1. The lowest BCUT2D eigenvalue weighted by molar-refractivity contribution is -0.125. The van der Waals surface area contributed by atoms with E-state index in [0.717, 1.165) is 0 Å². The number of hydrogen-bond donors (Lipinski definition) is 0. The molecule has 0 N–H and O–H groups in total. The molecule has 0 fully saturated rings. The Morgan fingerprint density at radius 1 is 1.20 bits per heavy atom. The molecule has 0 radical (unpaired) electrons. The molecule has 0 aliphatic heterocycles. The van der Waals surface area contributed by atoms with Crippen LogP contribution in [0.15, 0.2) is 0 Å². The summed E-state index contributed by atoms with van der Waals surface area (Å²) < 4.78 is 0. The molecule has 2 heteroatoms. The Morgan fingerprint density at radius 2 is 1.60 bits per heavy atom. The van der Waals surface area contributed by atoms with Crippen LogP contribution in [0.4, 0.5) is 0 Å². The van der Waals surface area contributed by atoms with Gasteiger partial charge in [0.25, 0.3) is 0 Å². The van der Waals surface area contributed by atoms with Crippen LogP contribution in [0.5, 0.6) is 0 Å². The lowest BCUT2D eigenvalue weighted by Gasteiger charge is -2.19. The first-order valence-electron chi connectivity index (χ1n) is 3.67. The van der Waals surface area contributed by atoms with Gasteiger partial charge in [-0.25, -0.2) is 0 Å². The Labute approximate surface area is 63.2 Å². The van der Waals surface area contributed by atoms with Crippen molar-refractivity contribution in [3.63, 3.8) is 0 Å². The zero-order valence-corrected chi connectivity index (χ0v) is 7.51. The molecule has 0 spiro atoms. The quantitative estimate of drug-likeness (QED) is 0.591. The average Bonchev–Trinajstić information content (AvgIpc) is 1.84. The average molecular weight is 143 g/mol. The van der Waals surface area contributed by atoms with Crippen molar-refractivity contribution >= 4 is 5.78 Å². The van der Waals surface area contributed by atoms with Crippen LogP contribution in [0, 0.1) is 5.92 Å². The van der Waals surface area contributed by atoms with Crippen LogP contribution in [-0.4, -0.2) is 30.8 Å². The van der Waals surface area contributed by atoms with E-state index in [1.54, 1.807) is 0 Å². The Bertz CT molecular complexity index is 118. The van der Waals surface area contributed by atoms with Gasteiger partial charge in [0.1, 0.15) is 0 Å². The van der Waals surface area contributed by atoms with Gasteiger partial charge in [-0.15, -0.1) is 0 Å². The third-order valence-electron chi connectivity index (χ3n) is 1.76. The summed E-state index contributed by atoms with van der Waals surface area (Å²) in [6, 6.07) is 0.0556. The molecule has 0 saturated heterocycles. The molecule has 0 aliphatic rings. The normalized spacial score (nSPS) is 14.3. The molecule has 0 heterocycles. The number of Topliss-reactive ketones (excluding diaryl/α,β-unsaturated/α-hetero) is 1. The highest BCUT2D eigenvalue weighted by atomic mass is 16.1. The van der Waals surface area contributed by atoms with Crippen LogP contribution in [-0.2, 0) is 4.79 Å². The highest BCUT2D eigenvalue weighted by Crippen LogP contribution is 2.02. The van der Waals surface area contributed by atoms with E-state index in [1.807, 2.05) is 39.8 Å². The van der Waals surface area contributed by atoms with E-state index in [2.05, 4.69) is 0 Å². The first-order chi connectivity index (χ1) is 4.46. The van der Waals surface area contributed by atoms with Crippen molar-refractivity contribution in [2.24, 2.45) is 5.92 Å². The monoisotopic (exact) mass is 143 g/mol. The summed E-state index contributed by atoms with van der Waals surface area (Å²) in [5.41, 5.74) is 0. The van der Waals surface area contributed by atoms with Crippen molar-refractivity contribution in [1.82, 2.24) is 4.90 Å². The largest absolute Gasteiger partial charge is 0.300 e. The molecule has 2 nitrogen and oxygen atoms in total. The lowest BCUT2D eigenvalue weighted by atomic mass is 10.0. The molecule has 10 heavy (non-hydrogen) atoms. The third kappa shape index (κ3) is 2.48. The molecule has 0 bridgehead atoms. The number of carbonyl (C=O) groups excluding carboxylic acids is 1. The summed E-state index contributed by atoms with van der Waals surface area (Å²) in [4.78, 5) is 13.2. The molecule has 0 aromatic heterocycles. The van der Waals surface area contributed by atoms with Gasteiger partial charge in [0.05, 0.1) is 6.04 Å². The van der Waals surface area contributed by atoms with Crippen LogP contribution < -0.4 is 0 Å². The van der Waals surface area contributed by atoms with Gasteiger partial charge < -0.3 is 0 Å². The standard InChI is InChI=1S/C8H17NO/c1-6(2)8(10)7(3)9(4)5/h6-7H,1-5H3/t7-/m1/s1. The highest BCUT2D eigenvalue weighted by Gasteiger charge is 2.17. The Morgan fingerprint density at radius 3 is 1.70 bits per heavy atom. The molecule has 0 amide bonds. The van der Waals surface area contributed by atoms with E-state index in [9.17, 15) is 4.79 Å². The van der Waals surface area contributed by atoms with Crippen molar-refractivity contribution in [2.75, 3.05) is 14.1 Å². The van der Waals surface area contributed by atoms with E-state index < -0.39 is 0 Å². The molecule has 0 unspecified atom stereocenters. The third-order valence-corrected chi connectivity index (χ3v) is 1.76. The summed E-state index contributed by atoms with van der Waals surface area (Å²) >= 11 is 0. The van der Waals surface area contributed by atoms with Crippen molar-refractivity contribution in [1.29, 1.82) is 0 Å². The number of ketones is 1. The molecular weight excluding hydrogens is 126 g/mol. The Balaban J connectivity index is 3.95. The summed E-state index contributed by atoms with van der Waals surface area (Å²) in [6.07, 6.45) is 0. The van der Waals surface area contributed by atoms with E-state index in [1.165, 1.54) is 0 Å². The maximum atomic E-state index is 11.2. The summed E-state index contributed by atoms with van der Waals surface area (Å²) in [5.74, 6) is 0.461. The molecule has 0 saturated carbocycles. The number of rotatable bonds is 3. The predicted octanol–water partition coefficient (Wildman–Crippen LogP) is 1.16. The summed E-state index contributed by atoms with van der Waals surface area (Å²) in [7, 11) is 3.84. The fourth-order valence-electron chi connectivity index (χ4n) is 0.737. The van der Waals surface area contributed by atoms with Crippen LogP contribution in [0.2, 0.25) is 0 Å². The summed E-state index contributed by atoms with van der Waals surface area (Å²) in [6.45, 7) is 5.80. The second-order valence-electron chi connectivity index (χ2n) is 3.20. The zero-order chi connectivity index (χ0) is 8.31. The van der Waals surface area contributed by atoms with Crippen LogP contribution >= 0.6 is 0 Å². The molecule has 60 valence electrons. The van der Waals surface area contributed by atoms with Crippen LogP contribution in [0.3, 0.4) is 0 Å². The second kappa shape index (κ2) is 3.71. The molecule has 0 aromatic carbocycles. The van der Waals surface area contributed by atoms with Gasteiger partial charge in [0.15, 0.2) is 5.78 Å². The van der Waals surface area contributed by atoms with Crippen molar-refractivity contribution < 1.29 is 4.79 Å².